The van der Waals surface area contributed by atoms with Crippen LogP contribution in [0.5, 0.6) is 0 Å². The maximum atomic E-state index is 5.97. The first-order valence-corrected chi connectivity index (χ1v) is 7.57. The van der Waals surface area contributed by atoms with Crippen LogP contribution in [0.15, 0.2) is 24.3 Å². The largest absolute Gasteiger partial charge is 0.374 e. The van der Waals surface area contributed by atoms with Crippen molar-refractivity contribution in [1.82, 2.24) is 5.32 Å². The highest BCUT2D eigenvalue weighted by Crippen LogP contribution is 2.20. The van der Waals surface area contributed by atoms with E-state index in [1.165, 1.54) is 24.0 Å². The van der Waals surface area contributed by atoms with Gasteiger partial charge < -0.3 is 10.1 Å². The number of nitrogens with one attached hydrogen (secondary N) is 1. The molecule has 1 aromatic rings. The fourth-order valence-corrected chi connectivity index (χ4v) is 2.38. The summed E-state index contributed by atoms with van der Waals surface area (Å²) in [5, 5.41) is 3.58. The van der Waals surface area contributed by atoms with Gasteiger partial charge in [0.05, 0.1) is 12.7 Å². The fraction of sp³-hybridized carbons (Fsp3) is 0.647. The van der Waals surface area contributed by atoms with E-state index >= 15 is 0 Å². The second-order valence-electron chi connectivity index (χ2n) is 6.18. The molecule has 1 aromatic carbocycles. The van der Waals surface area contributed by atoms with Crippen LogP contribution >= 0.6 is 0 Å². The molecule has 106 valence electrons. The minimum atomic E-state index is 0.337. The maximum absolute atomic E-state index is 5.97. The minimum absolute atomic E-state index is 0.337. The van der Waals surface area contributed by atoms with Gasteiger partial charge in [-0.3, -0.25) is 0 Å². The van der Waals surface area contributed by atoms with Crippen molar-refractivity contribution < 1.29 is 4.74 Å². The average Bonchev–Trinajstić information content (AvgIpc) is 3.18. The predicted molar refractivity (Wildman–Crippen MR) is 80.0 cm³/mol. The molecule has 2 nitrogen and oxygen atoms in total. The number of rotatable bonds is 8. The highest BCUT2D eigenvalue weighted by Gasteiger charge is 2.20. The molecule has 0 radical (unpaired) electrons. The molecule has 1 saturated carbocycles. The average molecular weight is 261 g/mol. The van der Waals surface area contributed by atoms with E-state index in [1.807, 2.05) is 0 Å². The van der Waals surface area contributed by atoms with E-state index in [9.17, 15) is 0 Å². The van der Waals surface area contributed by atoms with Crippen LogP contribution in [0.3, 0.4) is 0 Å². The molecule has 0 amide bonds. The molecule has 2 heteroatoms. The molecule has 1 unspecified atom stereocenters. The number of ether oxygens (including phenoxy) is 1. The van der Waals surface area contributed by atoms with Crippen molar-refractivity contribution in [3.05, 3.63) is 35.4 Å². The zero-order chi connectivity index (χ0) is 13.7. The molecular formula is C17H27NO. The van der Waals surface area contributed by atoms with Gasteiger partial charge in [0.25, 0.3) is 0 Å². The van der Waals surface area contributed by atoms with Crippen LogP contribution in [0.4, 0.5) is 0 Å². The zero-order valence-corrected chi connectivity index (χ0v) is 12.5. The van der Waals surface area contributed by atoms with Gasteiger partial charge in [-0.15, -0.1) is 0 Å². The van der Waals surface area contributed by atoms with E-state index in [-0.39, 0.29) is 0 Å². The Morgan fingerprint density at radius 3 is 2.47 bits per heavy atom. The number of hydrogen-bond acceptors (Lipinski definition) is 2. The summed E-state index contributed by atoms with van der Waals surface area (Å²) in [4.78, 5) is 0. The first-order chi connectivity index (χ1) is 9.15. The van der Waals surface area contributed by atoms with Crippen LogP contribution in [0.1, 0.15) is 51.2 Å². The Morgan fingerprint density at radius 2 is 1.84 bits per heavy atom. The summed E-state index contributed by atoms with van der Waals surface area (Å²) >= 11 is 0. The molecule has 1 fully saturated rings. The molecule has 1 N–H and O–H groups in total. The van der Waals surface area contributed by atoms with E-state index in [1.54, 1.807) is 0 Å². The minimum Gasteiger partial charge on any atom is -0.374 e. The van der Waals surface area contributed by atoms with Crippen molar-refractivity contribution >= 4 is 0 Å². The second kappa shape index (κ2) is 7.06. The van der Waals surface area contributed by atoms with Crippen molar-refractivity contribution in [2.45, 2.75) is 65.3 Å². The third-order valence-corrected chi connectivity index (χ3v) is 3.60. The molecule has 0 spiro atoms. The molecule has 0 aliphatic heterocycles. The number of benzene rings is 1. The Bertz CT molecular complexity index is 385. The van der Waals surface area contributed by atoms with Crippen LogP contribution < -0.4 is 5.32 Å². The van der Waals surface area contributed by atoms with Crippen molar-refractivity contribution in [3.8, 4) is 0 Å². The highest BCUT2D eigenvalue weighted by molar-refractivity contribution is 5.26. The van der Waals surface area contributed by atoms with E-state index in [4.69, 9.17) is 4.74 Å². The van der Waals surface area contributed by atoms with Gasteiger partial charge in [-0.2, -0.15) is 0 Å². The lowest BCUT2D eigenvalue weighted by atomic mass is 10.1. The van der Waals surface area contributed by atoms with Gasteiger partial charge in [0.2, 0.25) is 0 Å². The summed E-state index contributed by atoms with van der Waals surface area (Å²) in [7, 11) is 0. The predicted octanol–water partition coefficient (Wildman–Crippen LogP) is 3.89. The van der Waals surface area contributed by atoms with E-state index in [2.05, 4.69) is 50.4 Å². The number of hydrogen-bond donors (Lipinski definition) is 1. The Morgan fingerprint density at radius 1 is 1.16 bits per heavy atom. The maximum Gasteiger partial charge on any atom is 0.0723 e. The van der Waals surface area contributed by atoms with Gasteiger partial charge in [-0.1, -0.05) is 38.1 Å². The Kier molecular flexibility index (Phi) is 5.41. The zero-order valence-electron chi connectivity index (χ0n) is 12.5. The van der Waals surface area contributed by atoms with Gasteiger partial charge in [0.1, 0.15) is 0 Å². The Labute approximate surface area is 117 Å². The van der Waals surface area contributed by atoms with Gasteiger partial charge in [-0.05, 0) is 43.2 Å². The molecule has 2 rings (SSSR count). The topological polar surface area (TPSA) is 21.3 Å². The second-order valence-corrected chi connectivity index (χ2v) is 6.18. The SMILES string of the molecule is CC(C)CC(C)OCc1ccccc1CNC1CC1. The summed E-state index contributed by atoms with van der Waals surface area (Å²) < 4.78 is 5.97. The molecule has 1 atom stereocenters. The van der Waals surface area contributed by atoms with Gasteiger partial charge in [0, 0.05) is 12.6 Å². The summed E-state index contributed by atoms with van der Waals surface area (Å²) in [5.74, 6) is 0.696. The van der Waals surface area contributed by atoms with Crippen molar-refractivity contribution in [2.24, 2.45) is 5.92 Å². The van der Waals surface area contributed by atoms with Crippen LogP contribution in [0, 0.1) is 5.92 Å². The normalized spacial score (nSPS) is 16.8. The molecule has 1 aliphatic carbocycles. The van der Waals surface area contributed by atoms with Crippen molar-refractivity contribution in [2.75, 3.05) is 0 Å². The lowest BCUT2D eigenvalue weighted by Gasteiger charge is -2.17. The lowest BCUT2D eigenvalue weighted by Crippen LogP contribution is -2.17. The van der Waals surface area contributed by atoms with Crippen molar-refractivity contribution in [1.29, 1.82) is 0 Å². The van der Waals surface area contributed by atoms with Crippen LogP contribution in [0.25, 0.3) is 0 Å². The van der Waals surface area contributed by atoms with E-state index < -0.39 is 0 Å². The van der Waals surface area contributed by atoms with E-state index in [0.717, 1.165) is 25.6 Å². The summed E-state index contributed by atoms with van der Waals surface area (Å²) in [5.41, 5.74) is 2.71. The molecule has 0 heterocycles. The first-order valence-electron chi connectivity index (χ1n) is 7.57. The third kappa shape index (κ3) is 5.33. The van der Waals surface area contributed by atoms with Crippen LogP contribution in [-0.2, 0) is 17.9 Å². The summed E-state index contributed by atoms with van der Waals surface area (Å²) in [6, 6.07) is 9.37. The Balaban J connectivity index is 1.83. The quantitative estimate of drug-likeness (QED) is 0.766. The first kappa shape index (κ1) is 14.5. The standard InChI is InChI=1S/C17H27NO/c1-13(2)10-14(3)19-12-16-7-5-4-6-15(16)11-18-17-8-9-17/h4-7,13-14,17-18H,8-12H2,1-3H3. The molecule has 0 bridgehead atoms. The molecular weight excluding hydrogens is 234 g/mol. The van der Waals surface area contributed by atoms with Gasteiger partial charge in [-0.25, -0.2) is 0 Å². The van der Waals surface area contributed by atoms with Gasteiger partial charge in [0.15, 0.2) is 0 Å². The van der Waals surface area contributed by atoms with Crippen molar-refractivity contribution in [3.63, 3.8) is 0 Å². The van der Waals surface area contributed by atoms with Gasteiger partial charge >= 0.3 is 0 Å². The van der Waals surface area contributed by atoms with E-state index in [0.29, 0.717) is 12.0 Å². The summed E-state index contributed by atoms with van der Waals surface area (Å²) in [6.07, 6.45) is 4.14. The molecule has 0 saturated heterocycles. The van der Waals surface area contributed by atoms with Crippen LogP contribution in [0.2, 0.25) is 0 Å². The fourth-order valence-electron chi connectivity index (χ4n) is 2.38. The third-order valence-electron chi connectivity index (χ3n) is 3.60. The Hall–Kier alpha value is -0.860. The highest BCUT2D eigenvalue weighted by atomic mass is 16.5. The molecule has 0 aromatic heterocycles. The molecule has 1 aliphatic rings. The summed E-state index contributed by atoms with van der Waals surface area (Å²) in [6.45, 7) is 8.37. The molecule has 19 heavy (non-hydrogen) atoms. The monoisotopic (exact) mass is 261 g/mol. The lowest BCUT2D eigenvalue weighted by molar-refractivity contribution is 0.0393. The van der Waals surface area contributed by atoms with Crippen LogP contribution in [-0.4, -0.2) is 12.1 Å². The smallest absolute Gasteiger partial charge is 0.0723 e.